The van der Waals surface area contributed by atoms with E-state index in [9.17, 15) is 4.79 Å². The Balaban J connectivity index is 1.48. The summed E-state index contributed by atoms with van der Waals surface area (Å²) in [4.78, 5) is 26.0. The zero-order valence-electron chi connectivity index (χ0n) is 14.9. The van der Waals surface area contributed by atoms with Gasteiger partial charge < -0.3 is 15.1 Å². The van der Waals surface area contributed by atoms with Crippen molar-refractivity contribution in [2.24, 2.45) is 7.05 Å². The lowest BCUT2D eigenvalue weighted by Crippen LogP contribution is -2.55. The molecule has 2 fully saturated rings. The number of carbonyl (C=O) groups is 1. The van der Waals surface area contributed by atoms with Gasteiger partial charge in [-0.2, -0.15) is 5.10 Å². The smallest absolute Gasteiger partial charge is 0.239 e. The Kier molecular flexibility index (Phi) is 4.29. The summed E-state index contributed by atoms with van der Waals surface area (Å²) >= 11 is 0. The lowest BCUT2D eigenvalue weighted by molar-refractivity contribution is -0.134. The lowest BCUT2D eigenvalue weighted by atomic mass is 10.0. The first-order valence-corrected chi connectivity index (χ1v) is 9.07. The molecule has 0 spiro atoms. The van der Waals surface area contributed by atoms with E-state index in [1.807, 2.05) is 25.1 Å². The van der Waals surface area contributed by atoms with E-state index in [0.29, 0.717) is 0 Å². The van der Waals surface area contributed by atoms with Gasteiger partial charge >= 0.3 is 0 Å². The molecule has 4 rings (SSSR count). The van der Waals surface area contributed by atoms with Gasteiger partial charge in [0.1, 0.15) is 11.6 Å². The second-order valence-corrected chi connectivity index (χ2v) is 6.91. The highest BCUT2D eigenvalue weighted by atomic mass is 16.2. The van der Waals surface area contributed by atoms with Crippen molar-refractivity contribution in [1.29, 1.82) is 0 Å². The standard InChI is InChI=1S/C17H25N7O/c1-12-20-15-13(11-19-22(15)2)16(21-12)23-7-9-24(10-8-23)17(25)14-5-3-4-6-18-14/h11,14,18H,3-10H2,1-2H3/t14-/m1/s1. The first-order chi connectivity index (χ1) is 12.1. The summed E-state index contributed by atoms with van der Waals surface area (Å²) in [6, 6.07) is 0.00613. The molecule has 2 saturated heterocycles. The van der Waals surface area contributed by atoms with E-state index in [1.54, 1.807) is 4.68 Å². The van der Waals surface area contributed by atoms with Crippen molar-refractivity contribution in [2.75, 3.05) is 37.6 Å². The van der Waals surface area contributed by atoms with E-state index in [-0.39, 0.29) is 11.9 Å². The highest BCUT2D eigenvalue weighted by Crippen LogP contribution is 2.24. The van der Waals surface area contributed by atoms with Crippen LogP contribution >= 0.6 is 0 Å². The number of rotatable bonds is 2. The van der Waals surface area contributed by atoms with Crippen molar-refractivity contribution in [2.45, 2.75) is 32.2 Å². The molecule has 1 atom stereocenters. The molecule has 0 saturated carbocycles. The molecule has 2 aromatic heterocycles. The Morgan fingerprint density at radius 2 is 2.00 bits per heavy atom. The molecule has 2 aromatic rings. The van der Waals surface area contributed by atoms with E-state index in [2.05, 4.69) is 25.3 Å². The molecule has 0 radical (unpaired) electrons. The average molecular weight is 343 g/mol. The average Bonchev–Trinajstić information content (AvgIpc) is 3.02. The first kappa shape index (κ1) is 16.3. The number of carbonyl (C=O) groups excluding carboxylic acids is 1. The maximum atomic E-state index is 12.7. The monoisotopic (exact) mass is 343 g/mol. The summed E-state index contributed by atoms with van der Waals surface area (Å²) < 4.78 is 1.78. The fraction of sp³-hybridized carbons (Fsp3) is 0.647. The summed E-state index contributed by atoms with van der Waals surface area (Å²) in [5, 5.41) is 8.64. The third-order valence-electron chi connectivity index (χ3n) is 5.18. The highest BCUT2D eigenvalue weighted by Gasteiger charge is 2.29. The zero-order chi connectivity index (χ0) is 17.4. The molecule has 1 N–H and O–H groups in total. The minimum atomic E-state index is 0.00613. The van der Waals surface area contributed by atoms with E-state index in [4.69, 9.17) is 0 Å². The number of hydrogen-bond donors (Lipinski definition) is 1. The third-order valence-corrected chi connectivity index (χ3v) is 5.18. The van der Waals surface area contributed by atoms with Crippen LogP contribution in [0.2, 0.25) is 0 Å². The summed E-state index contributed by atoms with van der Waals surface area (Å²) in [5.41, 5.74) is 0.854. The Bertz CT molecular complexity index is 773. The minimum absolute atomic E-state index is 0.00613. The number of aromatic nitrogens is 4. The Morgan fingerprint density at radius 1 is 1.20 bits per heavy atom. The van der Waals surface area contributed by atoms with Crippen molar-refractivity contribution in [3.05, 3.63) is 12.0 Å². The molecule has 0 aliphatic carbocycles. The molecule has 8 nitrogen and oxygen atoms in total. The molecule has 8 heteroatoms. The van der Waals surface area contributed by atoms with Crippen molar-refractivity contribution < 1.29 is 4.79 Å². The molecule has 0 unspecified atom stereocenters. The van der Waals surface area contributed by atoms with Gasteiger partial charge in [0.05, 0.1) is 17.6 Å². The van der Waals surface area contributed by atoms with Crippen LogP contribution in [0, 0.1) is 6.92 Å². The fourth-order valence-corrected chi connectivity index (χ4v) is 3.78. The van der Waals surface area contributed by atoms with Gasteiger partial charge in [0.25, 0.3) is 0 Å². The molecular formula is C17H25N7O. The zero-order valence-corrected chi connectivity index (χ0v) is 14.9. The molecule has 25 heavy (non-hydrogen) atoms. The summed E-state index contributed by atoms with van der Waals surface area (Å²) in [5.74, 6) is 1.93. The molecule has 2 aliphatic heterocycles. The number of hydrogen-bond acceptors (Lipinski definition) is 6. The third kappa shape index (κ3) is 3.06. The van der Waals surface area contributed by atoms with Crippen molar-refractivity contribution >= 4 is 22.8 Å². The minimum Gasteiger partial charge on any atom is -0.352 e. The van der Waals surface area contributed by atoms with Gasteiger partial charge in [0.15, 0.2) is 5.65 Å². The first-order valence-electron chi connectivity index (χ1n) is 9.07. The number of aryl methyl sites for hydroxylation is 2. The van der Waals surface area contributed by atoms with Gasteiger partial charge in [-0.05, 0) is 26.3 Å². The lowest BCUT2D eigenvalue weighted by Gasteiger charge is -2.38. The predicted molar refractivity (Wildman–Crippen MR) is 95.5 cm³/mol. The van der Waals surface area contributed by atoms with E-state index in [0.717, 1.165) is 68.2 Å². The topological polar surface area (TPSA) is 79.2 Å². The SMILES string of the molecule is Cc1nc(N2CCN(C(=O)[C@H]3CCCCN3)CC2)c2cnn(C)c2n1. The maximum Gasteiger partial charge on any atom is 0.239 e. The number of piperidine rings is 1. The Morgan fingerprint density at radius 3 is 2.72 bits per heavy atom. The quantitative estimate of drug-likeness (QED) is 0.854. The number of nitrogens with zero attached hydrogens (tertiary/aromatic N) is 6. The van der Waals surface area contributed by atoms with Crippen molar-refractivity contribution in [3.63, 3.8) is 0 Å². The summed E-state index contributed by atoms with van der Waals surface area (Å²) in [6.45, 7) is 5.92. The van der Waals surface area contributed by atoms with Crippen molar-refractivity contribution in [1.82, 2.24) is 30.0 Å². The van der Waals surface area contributed by atoms with Crippen LogP contribution in [0.3, 0.4) is 0 Å². The van der Waals surface area contributed by atoms with Gasteiger partial charge in [-0.25, -0.2) is 9.97 Å². The van der Waals surface area contributed by atoms with Crippen LogP contribution < -0.4 is 10.2 Å². The van der Waals surface area contributed by atoms with Gasteiger partial charge in [-0.1, -0.05) is 6.42 Å². The normalized spacial score (nSPS) is 21.8. The van der Waals surface area contributed by atoms with Crippen LogP contribution in [-0.4, -0.2) is 69.3 Å². The second-order valence-electron chi connectivity index (χ2n) is 6.91. The molecule has 0 bridgehead atoms. The summed E-state index contributed by atoms with van der Waals surface area (Å²) in [6.07, 6.45) is 5.10. The van der Waals surface area contributed by atoms with Gasteiger partial charge in [-0.15, -0.1) is 0 Å². The van der Waals surface area contributed by atoms with E-state index >= 15 is 0 Å². The molecule has 4 heterocycles. The number of fused-ring (bicyclic) bond motifs is 1. The van der Waals surface area contributed by atoms with Crippen LogP contribution in [0.4, 0.5) is 5.82 Å². The Hall–Kier alpha value is -2.22. The van der Waals surface area contributed by atoms with Crippen LogP contribution in [0.1, 0.15) is 25.1 Å². The summed E-state index contributed by atoms with van der Waals surface area (Å²) in [7, 11) is 1.90. The second kappa shape index (κ2) is 6.59. The Labute approximate surface area is 147 Å². The number of piperazine rings is 1. The van der Waals surface area contributed by atoms with Gasteiger partial charge in [0, 0.05) is 33.2 Å². The largest absolute Gasteiger partial charge is 0.352 e. The molecule has 0 aromatic carbocycles. The van der Waals surface area contributed by atoms with Gasteiger partial charge in [0.2, 0.25) is 5.91 Å². The highest BCUT2D eigenvalue weighted by molar-refractivity contribution is 5.87. The molecule has 134 valence electrons. The molecular weight excluding hydrogens is 318 g/mol. The predicted octanol–water partition coefficient (Wildman–Crippen LogP) is 0.462. The van der Waals surface area contributed by atoms with Crippen LogP contribution in [0.25, 0.3) is 11.0 Å². The van der Waals surface area contributed by atoms with E-state index in [1.165, 1.54) is 6.42 Å². The molecule has 2 aliphatic rings. The van der Waals surface area contributed by atoms with Crippen LogP contribution in [-0.2, 0) is 11.8 Å². The maximum absolute atomic E-state index is 12.7. The number of amides is 1. The number of nitrogens with one attached hydrogen (secondary N) is 1. The van der Waals surface area contributed by atoms with Crippen molar-refractivity contribution in [3.8, 4) is 0 Å². The molecule has 1 amide bonds. The van der Waals surface area contributed by atoms with Gasteiger partial charge in [-0.3, -0.25) is 9.48 Å². The van der Waals surface area contributed by atoms with E-state index < -0.39 is 0 Å². The van der Waals surface area contributed by atoms with Crippen LogP contribution in [0.5, 0.6) is 0 Å². The fourth-order valence-electron chi connectivity index (χ4n) is 3.78. The van der Waals surface area contributed by atoms with Crippen LogP contribution in [0.15, 0.2) is 6.20 Å². The number of anilines is 1.